The van der Waals surface area contributed by atoms with E-state index in [4.69, 9.17) is 0 Å². The molecule has 0 radical (unpaired) electrons. The summed E-state index contributed by atoms with van der Waals surface area (Å²) < 4.78 is 0. The second kappa shape index (κ2) is 7.77. The third kappa shape index (κ3) is 4.69. The Morgan fingerprint density at radius 2 is 1.58 bits per heavy atom. The zero-order valence-corrected chi connectivity index (χ0v) is 14.7. The summed E-state index contributed by atoms with van der Waals surface area (Å²) in [6.07, 6.45) is 0.251. The number of nitrogens with one attached hydrogen (secondary N) is 1. The fourth-order valence-electron chi connectivity index (χ4n) is 2.57. The van der Waals surface area contributed by atoms with Crippen molar-refractivity contribution in [2.24, 2.45) is 0 Å². The lowest BCUT2D eigenvalue weighted by atomic mass is 10.1. The standard InChI is InChI=1S/C20H24N2O2/c1-14-5-8-18(9-6-14)22(17(4)23)12-11-20(24)21-19-10-7-15(2)13-16(19)3/h5-10,13H,11-12H2,1-4H3,(H,21,24). The molecule has 2 aromatic carbocycles. The number of carbonyl (C=O) groups is 2. The Bertz CT molecular complexity index is 736. The Morgan fingerprint density at radius 3 is 2.17 bits per heavy atom. The van der Waals surface area contributed by atoms with E-state index in [0.29, 0.717) is 6.54 Å². The highest BCUT2D eigenvalue weighted by molar-refractivity contribution is 5.95. The molecule has 0 atom stereocenters. The second-order valence-electron chi connectivity index (χ2n) is 6.12. The molecule has 0 unspecified atom stereocenters. The lowest BCUT2D eigenvalue weighted by molar-refractivity contribution is -0.117. The third-order valence-electron chi connectivity index (χ3n) is 3.94. The number of benzene rings is 2. The van der Waals surface area contributed by atoms with Crippen LogP contribution in [0.5, 0.6) is 0 Å². The van der Waals surface area contributed by atoms with E-state index in [1.165, 1.54) is 6.92 Å². The summed E-state index contributed by atoms with van der Waals surface area (Å²) in [4.78, 5) is 25.7. The summed E-state index contributed by atoms with van der Waals surface area (Å²) in [6.45, 7) is 7.86. The average Bonchev–Trinajstić information content (AvgIpc) is 2.52. The van der Waals surface area contributed by atoms with Crippen LogP contribution in [0.1, 0.15) is 30.0 Å². The number of amides is 2. The van der Waals surface area contributed by atoms with E-state index in [0.717, 1.165) is 28.1 Å². The van der Waals surface area contributed by atoms with Gasteiger partial charge >= 0.3 is 0 Å². The van der Waals surface area contributed by atoms with Gasteiger partial charge in [-0.3, -0.25) is 9.59 Å². The van der Waals surface area contributed by atoms with Gasteiger partial charge in [0.25, 0.3) is 0 Å². The summed E-state index contributed by atoms with van der Waals surface area (Å²) in [5, 5.41) is 2.92. The highest BCUT2D eigenvalue weighted by atomic mass is 16.2. The number of hydrogen-bond donors (Lipinski definition) is 1. The third-order valence-corrected chi connectivity index (χ3v) is 3.94. The predicted octanol–water partition coefficient (Wildman–Crippen LogP) is 3.99. The van der Waals surface area contributed by atoms with E-state index in [9.17, 15) is 9.59 Å². The Labute approximate surface area is 143 Å². The molecule has 0 aliphatic carbocycles. The number of hydrogen-bond acceptors (Lipinski definition) is 2. The van der Waals surface area contributed by atoms with E-state index in [1.807, 2.05) is 63.2 Å². The molecule has 4 heteroatoms. The van der Waals surface area contributed by atoms with Gasteiger partial charge in [0.05, 0.1) is 0 Å². The molecule has 4 nitrogen and oxygen atoms in total. The van der Waals surface area contributed by atoms with Crippen molar-refractivity contribution in [3.05, 3.63) is 59.2 Å². The molecule has 0 heterocycles. The molecular formula is C20H24N2O2. The van der Waals surface area contributed by atoms with Crippen molar-refractivity contribution in [3.63, 3.8) is 0 Å². The topological polar surface area (TPSA) is 49.4 Å². The highest BCUT2D eigenvalue weighted by Crippen LogP contribution is 2.18. The van der Waals surface area contributed by atoms with Crippen molar-refractivity contribution in [2.45, 2.75) is 34.1 Å². The van der Waals surface area contributed by atoms with Crippen molar-refractivity contribution in [2.75, 3.05) is 16.8 Å². The smallest absolute Gasteiger partial charge is 0.226 e. The van der Waals surface area contributed by atoms with Crippen molar-refractivity contribution < 1.29 is 9.59 Å². The molecule has 126 valence electrons. The molecule has 2 rings (SSSR count). The van der Waals surface area contributed by atoms with Crippen LogP contribution in [-0.4, -0.2) is 18.4 Å². The van der Waals surface area contributed by atoms with Gasteiger partial charge in [0, 0.05) is 31.3 Å². The first kappa shape index (κ1) is 17.7. The zero-order chi connectivity index (χ0) is 17.7. The van der Waals surface area contributed by atoms with Crippen LogP contribution in [0.3, 0.4) is 0 Å². The molecule has 0 aliphatic rings. The van der Waals surface area contributed by atoms with E-state index in [-0.39, 0.29) is 18.2 Å². The predicted molar refractivity (Wildman–Crippen MR) is 98.4 cm³/mol. The van der Waals surface area contributed by atoms with Gasteiger partial charge in [-0.05, 0) is 44.5 Å². The molecule has 2 aromatic rings. The molecule has 0 aromatic heterocycles. The van der Waals surface area contributed by atoms with Gasteiger partial charge in [0.15, 0.2) is 0 Å². The van der Waals surface area contributed by atoms with E-state index < -0.39 is 0 Å². The molecule has 1 N–H and O–H groups in total. The second-order valence-corrected chi connectivity index (χ2v) is 6.12. The first-order valence-electron chi connectivity index (χ1n) is 8.08. The van der Waals surface area contributed by atoms with E-state index in [1.54, 1.807) is 4.90 Å². The van der Waals surface area contributed by atoms with Gasteiger partial charge in [-0.1, -0.05) is 35.4 Å². The van der Waals surface area contributed by atoms with E-state index in [2.05, 4.69) is 5.32 Å². The summed E-state index contributed by atoms with van der Waals surface area (Å²) in [6, 6.07) is 13.6. The summed E-state index contributed by atoms with van der Waals surface area (Å²) in [7, 11) is 0. The summed E-state index contributed by atoms with van der Waals surface area (Å²) in [5.41, 5.74) is 4.95. The normalized spacial score (nSPS) is 10.3. The highest BCUT2D eigenvalue weighted by Gasteiger charge is 2.14. The summed E-state index contributed by atoms with van der Waals surface area (Å²) in [5.74, 6) is -0.168. The van der Waals surface area contributed by atoms with Gasteiger partial charge in [0.1, 0.15) is 0 Å². The van der Waals surface area contributed by atoms with Crippen LogP contribution in [-0.2, 0) is 9.59 Å². The molecule has 2 amide bonds. The molecule has 0 spiro atoms. The number of aryl methyl sites for hydroxylation is 3. The van der Waals surface area contributed by atoms with Crippen LogP contribution >= 0.6 is 0 Å². The van der Waals surface area contributed by atoms with Crippen LogP contribution in [0.2, 0.25) is 0 Å². The lowest BCUT2D eigenvalue weighted by Gasteiger charge is -2.21. The molecule has 0 saturated carbocycles. The van der Waals surface area contributed by atoms with Crippen molar-refractivity contribution >= 4 is 23.2 Å². The molecule has 0 bridgehead atoms. The van der Waals surface area contributed by atoms with Gasteiger partial charge in [-0.25, -0.2) is 0 Å². The van der Waals surface area contributed by atoms with Crippen LogP contribution in [0.4, 0.5) is 11.4 Å². The summed E-state index contributed by atoms with van der Waals surface area (Å²) >= 11 is 0. The molecule has 0 aliphatic heterocycles. The number of nitrogens with zero attached hydrogens (tertiary/aromatic N) is 1. The fourth-order valence-corrected chi connectivity index (χ4v) is 2.57. The molecule has 0 saturated heterocycles. The van der Waals surface area contributed by atoms with E-state index >= 15 is 0 Å². The zero-order valence-electron chi connectivity index (χ0n) is 14.7. The Kier molecular flexibility index (Phi) is 5.74. The van der Waals surface area contributed by atoms with Gasteiger partial charge in [-0.15, -0.1) is 0 Å². The van der Waals surface area contributed by atoms with Crippen LogP contribution < -0.4 is 10.2 Å². The first-order valence-corrected chi connectivity index (χ1v) is 8.08. The molecule has 0 fully saturated rings. The van der Waals surface area contributed by atoms with Crippen LogP contribution in [0, 0.1) is 20.8 Å². The Balaban J connectivity index is 2.00. The first-order chi connectivity index (χ1) is 11.4. The fraction of sp³-hybridized carbons (Fsp3) is 0.300. The van der Waals surface area contributed by atoms with Gasteiger partial charge in [0.2, 0.25) is 11.8 Å². The lowest BCUT2D eigenvalue weighted by Crippen LogP contribution is -2.32. The maximum Gasteiger partial charge on any atom is 0.226 e. The van der Waals surface area contributed by atoms with Crippen molar-refractivity contribution in [3.8, 4) is 0 Å². The number of carbonyl (C=O) groups excluding carboxylic acids is 2. The maximum atomic E-state index is 12.2. The van der Waals surface area contributed by atoms with Gasteiger partial charge < -0.3 is 10.2 Å². The number of rotatable bonds is 5. The SMILES string of the molecule is CC(=O)N(CCC(=O)Nc1ccc(C)cc1C)c1ccc(C)cc1. The van der Waals surface area contributed by atoms with Crippen molar-refractivity contribution in [1.82, 2.24) is 0 Å². The van der Waals surface area contributed by atoms with Crippen LogP contribution in [0.25, 0.3) is 0 Å². The maximum absolute atomic E-state index is 12.2. The van der Waals surface area contributed by atoms with Crippen molar-refractivity contribution in [1.29, 1.82) is 0 Å². The monoisotopic (exact) mass is 324 g/mol. The Morgan fingerprint density at radius 1 is 0.958 bits per heavy atom. The average molecular weight is 324 g/mol. The van der Waals surface area contributed by atoms with Gasteiger partial charge in [-0.2, -0.15) is 0 Å². The quantitative estimate of drug-likeness (QED) is 0.904. The number of anilines is 2. The molecule has 24 heavy (non-hydrogen) atoms. The molecular weight excluding hydrogens is 300 g/mol. The van der Waals surface area contributed by atoms with Crippen LogP contribution in [0.15, 0.2) is 42.5 Å². The minimum Gasteiger partial charge on any atom is -0.326 e. The minimum absolute atomic E-state index is 0.0711. The Hall–Kier alpha value is -2.62. The largest absolute Gasteiger partial charge is 0.326 e. The minimum atomic E-state index is -0.0969.